The highest BCUT2D eigenvalue weighted by Gasteiger charge is 1.91. The van der Waals surface area contributed by atoms with Crippen LogP contribution in [0.15, 0.2) is 11.8 Å². The number of halogens is 2. The molecule has 0 aliphatic heterocycles. The topological polar surface area (TPSA) is 0 Å². The third kappa shape index (κ3) is 8.54. The molecule has 0 aromatic carbocycles. The maximum absolute atomic E-state index is 5.61. The van der Waals surface area contributed by atoms with E-state index in [4.69, 9.17) is 22.2 Å². The Morgan fingerprint density at radius 1 is 1.30 bits per heavy atom. The van der Waals surface area contributed by atoms with Gasteiger partial charge in [0.1, 0.15) is 0 Å². The Bertz CT molecular complexity index is 91.6. The standard InChI is InChI=1S/C7H14Cl2Si/c1-2-3-4-5-6-7-10(8)9/h6-7,10H,2-5H2,1H3. The fraction of sp³-hybridized carbons (Fsp3) is 0.714. The predicted molar refractivity (Wildman–Crippen MR) is 52.1 cm³/mol. The molecule has 3 heteroatoms. The minimum atomic E-state index is -1.46. The molecule has 0 fully saturated rings. The Balaban J connectivity index is 3.02. The van der Waals surface area contributed by atoms with Gasteiger partial charge in [-0.1, -0.05) is 31.5 Å². The van der Waals surface area contributed by atoms with Gasteiger partial charge in [-0.3, -0.25) is 0 Å². The number of unbranched alkanes of at least 4 members (excludes halogenated alkanes) is 3. The monoisotopic (exact) mass is 196 g/mol. The first-order chi connectivity index (χ1) is 4.77. The molecule has 0 bridgehead atoms. The molecule has 0 saturated heterocycles. The van der Waals surface area contributed by atoms with Gasteiger partial charge in [0, 0.05) is 0 Å². The molecule has 0 saturated carbocycles. The summed E-state index contributed by atoms with van der Waals surface area (Å²) in [6.07, 6.45) is 7.09. The van der Waals surface area contributed by atoms with Crippen LogP contribution in [0, 0.1) is 0 Å². The van der Waals surface area contributed by atoms with Gasteiger partial charge in [-0.25, -0.2) is 0 Å². The van der Waals surface area contributed by atoms with E-state index in [0.29, 0.717) is 0 Å². The molecule has 0 amide bonds. The predicted octanol–water partition coefficient (Wildman–Crippen LogP) is 3.36. The molecule has 10 heavy (non-hydrogen) atoms. The molecule has 0 aliphatic carbocycles. The minimum Gasteiger partial charge on any atom is -0.145 e. The molecular formula is C7H14Cl2Si. The molecule has 0 aliphatic rings. The quantitative estimate of drug-likeness (QED) is 0.360. The van der Waals surface area contributed by atoms with Crippen molar-refractivity contribution < 1.29 is 0 Å². The summed E-state index contributed by atoms with van der Waals surface area (Å²) >= 11 is 11.2. The van der Waals surface area contributed by atoms with E-state index in [1.165, 1.54) is 19.3 Å². The second kappa shape index (κ2) is 7.64. The summed E-state index contributed by atoms with van der Waals surface area (Å²) in [6.45, 7) is 2.20. The van der Waals surface area contributed by atoms with Crippen molar-refractivity contribution in [2.75, 3.05) is 0 Å². The highest BCUT2D eigenvalue weighted by molar-refractivity contribution is 7.36. The fourth-order valence-electron chi connectivity index (χ4n) is 0.711. The van der Waals surface area contributed by atoms with E-state index in [0.717, 1.165) is 6.42 Å². The van der Waals surface area contributed by atoms with E-state index in [1.54, 1.807) is 0 Å². The Hall–Kier alpha value is 0.537. The summed E-state index contributed by atoms with van der Waals surface area (Å²) in [7, 11) is -1.46. The molecule has 0 heterocycles. The highest BCUT2D eigenvalue weighted by Crippen LogP contribution is 2.02. The Morgan fingerprint density at radius 2 is 2.00 bits per heavy atom. The van der Waals surface area contributed by atoms with Gasteiger partial charge in [-0.15, -0.1) is 22.2 Å². The van der Waals surface area contributed by atoms with Gasteiger partial charge in [0.2, 0.25) is 0 Å². The highest BCUT2D eigenvalue weighted by atomic mass is 35.7. The third-order valence-electron chi connectivity index (χ3n) is 1.26. The van der Waals surface area contributed by atoms with Crippen molar-refractivity contribution in [3.05, 3.63) is 11.8 Å². The number of rotatable bonds is 5. The van der Waals surface area contributed by atoms with Crippen LogP contribution in [0.25, 0.3) is 0 Å². The first kappa shape index (κ1) is 10.5. The Labute approximate surface area is 74.2 Å². The Morgan fingerprint density at radius 3 is 2.50 bits per heavy atom. The van der Waals surface area contributed by atoms with Crippen LogP contribution in [-0.2, 0) is 0 Å². The molecular weight excluding hydrogens is 183 g/mol. The average molecular weight is 197 g/mol. The zero-order valence-corrected chi connectivity index (χ0v) is 8.98. The van der Waals surface area contributed by atoms with Gasteiger partial charge < -0.3 is 0 Å². The van der Waals surface area contributed by atoms with Crippen LogP contribution in [0.1, 0.15) is 32.6 Å². The maximum Gasteiger partial charge on any atom is 0.259 e. The van der Waals surface area contributed by atoms with Gasteiger partial charge in [0.15, 0.2) is 0 Å². The molecule has 0 atom stereocenters. The van der Waals surface area contributed by atoms with E-state index in [9.17, 15) is 0 Å². The summed E-state index contributed by atoms with van der Waals surface area (Å²) in [5.41, 5.74) is 1.96. The summed E-state index contributed by atoms with van der Waals surface area (Å²) in [5.74, 6) is 0. The number of hydrogen-bond acceptors (Lipinski definition) is 0. The van der Waals surface area contributed by atoms with Crippen molar-refractivity contribution in [3.63, 3.8) is 0 Å². The minimum absolute atomic E-state index is 1.14. The first-order valence-corrected chi connectivity index (χ1v) is 7.88. The number of allylic oxidation sites excluding steroid dienone is 1. The van der Waals surface area contributed by atoms with Crippen LogP contribution in [-0.4, -0.2) is 7.42 Å². The molecule has 0 radical (unpaired) electrons. The molecule has 0 aromatic heterocycles. The van der Waals surface area contributed by atoms with Crippen LogP contribution >= 0.6 is 22.2 Å². The molecule has 0 unspecified atom stereocenters. The zero-order chi connectivity index (χ0) is 7.82. The van der Waals surface area contributed by atoms with E-state index < -0.39 is 7.42 Å². The normalized spacial score (nSPS) is 11.6. The van der Waals surface area contributed by atoms with E-state index in [-0.39, 0.29) is 0 Å². The molecule has 0 aromatic rings. The lowest BCUT2D eigenvalue weighted by atomic mass is 10.2. The van der Waals surface area contributed by atoms with Crippen molar-refractivity contribution in [1.82, 2.24) is 0 Å². The summed E-state index contributed by atoms with van der Waals surface area (Å²) in [5, 5.41) is 0. The molecule has 60 valence electrons. The smallest absolute Gasteiger partial charge is 0.145 e. The van der Waals surface area contributed by atoms with Crippen molar-refractivity contribution in [2.45, 2.75) is 32.6 Å². The van der Waals surface area contributed by atoms with Gasteiger partial charge in [0.05, 0.1) is 0 Å². The van der Waals surface area contributed by atoms with E-state index >= 15 is 0 Å². The summed E-state index contributed by atoms with van der Waals surface area (Å²) in [6, 6.07) is 0. The molecule has 0 rings (SSSR count). The van der Waals surface area contributed by atoms with Crippen LogP contribution in [0.5, 0.6) is 0 Å². The van der Waals surface area contributed by atoms with Gasteiger partial charge in [-0.2, -0.15) is 0 Å². The van der Waals surface area contributed by atoms with Crippen molar-refractivity contribution in [3.8, 4) is 0 Å². The largest absolute Gasteiger partial charge is 0.259 e. The van der Waals surface area contributed by atoms with Crippen LogP contribution in [0.2, 0.25) is 0 Å². The van der Waals surface area contributed by atoms with Crippen molar-refractivity contribution >= 4 is 29.6 Å². The molecule has 0 spiro atoms. The van der Waals surface area contributed by atoms with E-state index in [1.807, 2.05) is 5.70 Å². The zero-order valence-electron chi connectivity index (χ0n) is 6.32. The van der Waals surface area contributed by atoms with Gasteiger partial charge in [-0.05, 0) is 12.8 Å². The van der Waals surface area contributed by atoms with E-state index in [2.05, 4.69) is 13.0 Å². The van der Waals surface area contributed by atoms with Crippen molar-refractivity contribution in [1.29, 1.82) is 0 Å². The van der Waals surface area contributed by atoms with Gasteiger partial charge in [0.25, 0.3) is 7.42 Å². The fourth-order valence-corrected chi connectivity index (χ4v) is 1.73. The lowest BCUT2D eigenvalue weighted by Crippen LogP contribution is -1.83. The third-order valence-corrected chi connectivity index (χ3v) is 2.69. The van der Waals surface area contributed by atoms with Crippen LogP contribution in [0.3, 0.4) is 0 Å². The van der Waals surface area contributed by atoms with Crippen LogP contribution < -0.4 is 0 Å². The lowest BCUT2D eigenvalue weighted by Gasteiger charge is -1.91. The second-order valence-corrected chi connectivity index (χ2v) is 6.80. The Kier molecular flexibility index (Phi) is 8.05. The number of hydrogen-bond donors (Lipinski definition) is 0. The summed E-state index contributed by atoms with van der Waals surface area (Å²) < 4.78 is 0. The molecule has 0 N–H and O–H groups in total. The first-order valence-electron chi connectivity index (χ1n) is 3.72. The van der Waals surface area contributed by atoms with Crippen molar-refractivity contribution in [2.24, 2.45) is 0 Å². The van der Waals surface area contributed by atoms with Crippen LogP contribution in [0.4, 0.5) is 0 Å². The SMILES string of the molecule is CCCCCC=C[SiH](Cl)Cl. The molecule has 0 nitrogen and oxygen atoms in total. The maximum atomic E-state index is 5.61. The lowest BCUT2D eigenvalue weighted by molar-refractivity contribution is 0.729. The van der Waals surface area contributed by atoms with Gasteiger partial charge >= 0.3 is 0 Å². The summed E-state index contributed by atoms with van der Waals surface area (Å²) in [4.78, 5) is 0. The second-order valence-electron chi connectivity index (χ2n) is 2.26. The average Bonchev–Trinajstić information content (AvgIpc) is 1.87.